The summed E-state index contributed by atoms with van der Waals surface area (Å²) >= 11 is 0. The highest BCUT2D eigenvalue weighted by molar-refractivity contribution is 5.89. The number of hydrogen-bond donors (Lipinski definition) is 2. The van der Waals surface area contributed by atoms with Crippen LogP contribution in [0.3, 0.4) is 0 Å². The molecule has 1 aliphatic rings. The van der Waals surface area contributed by atoms with Crippen molar-refractivity contribution in [1.82, 2.24) is 20.0 Å². The van der Waals surface area contributed by atoms with Crippen LogP contribution in [0.15, 0.2) is 60.8 Å². The molecule has 4 rings (SSSR count). The molecule has 0 radical (unpaired) electrons. The average molecular weight is 463 g/mol. The molecule has 176 valence electrons. The number of ether oxygens (including phenoxy) is 1. The second-order valence-corrected chi connectivity index (χ2v) is 8.25. The minimum Gasteiger partial charge on any atom is -0.480 e. The second kappa shape index (κ2) is 9.38. The first-order chi connectivity index (χ1) is 16.3. The van der Waals surface area contributed by atoms with Crippen molar-refractivity contribution in [2.75, 3.05) is 13.7 Å². The van der Waals surface area contributed by atoms with Crippen LogP contribution in [0.4, 0.5) is 4.79 Å². The number of carboxylic acid groups (broad SMARTS) is 1. The number of hydrogen-bond acceptors (Lipinski definition) is 5. The van der Waals surface area contributed by atoms with E-state index < -0.39 is 30.1 Å². The highest BCUT2D eigenvalue weighted by Gasteiger charge is 2.34. The molecule has 2 atom stereocenters. The molecule has 9 nitrogen and oxygen atoms in total. The van der Waals surface area contributed by atoms with Crippen LogP contribution in [0.1, 0.15) is 35.7 Å². The zero-order valence-corrected chi connectivity index (χ0v) is 19.1. The Kier molecular flexibility index (Phi) is 6.36. The molecule has 9 heteroatoms. The van der Waals surface area contributed by atoms with Crippen molar-refractivity contribution >= 4 is 18.0 Å². The van der Waals surface area contributed by atoms with Gasteiger partial charge in [-0.1, -0.05) is 48.5 Å². The molecule has 1 heterocycles. The maximum absolute atomic E-state index is 13.1. The fourth-order valence-electron chi connectivity index (χ4n) is 4.25. The van der Waals surface area contributed by atoms with Crippen LogP contribution >= 0.6 is 0 Å². The maximum atomic E-state index is 13.1. The summed E-state index contributed by atoms with van der Waals surface area (Å²) in [6, 6.07) is 15.3. The van der Waals surface area contributed by atoms with E-state index in [0.717, 1.165) is 27.2 Å². The molecule has 0 spiro atoms. The number of rotatable bonds is 7. The summed E-state index contributed by atoms with van der Waals surface area (Å²) in [4.78, 5) is 38.4. The number of carbonyl (C=O) groups is 3. The van der Waals surface area contributed by atoms with Gasteiger partial charge in [0, 0.05) is 26.2 Å². The topological polar surface area (TPSA) is 114 Å². The Morgan fingerprint density at radius 3 is 2.21 bits per heavy atom. The minimum atomic E-state index is -1.16. The smallest absolute Gasteiger partial charge is 0.408 e. The highest BCUT2D eigenvalue weighted by Crippen LogP contribution is 2.44. The summed E-state index contributed by atoms with van der Waals surface area (Å²) in [6.07, 6.45) is 0.716. The lowest BCUT2D eigenvalue weighted by atomic mass is 9.98. The van der Waals surface area contributed by atoms with E-state index in [1.807, 2.05) is 48.5 Å². The van der Waals surface area contributed by atoms with Crippen LogP contribution in [0.2, 0.25) is 0 Å². The van der Waals surface area contributed by atoms with Crippen LogP contribution in [-0.4, -0.2) is 57.5 Å². The maximum Gasteiger partial charge on any atom is 0.408 e. The summed E-state index contributed by atoms with van der Waals surface area (Å²) in [5.41, 5.74) is 4.78. The quantitative estimate of drug-likeness (QED) is 0.558. The number of fused-ring (bicyclic) bond motifs is 3. The first-order valence-electron chi connectivity index (χ1n) is 10.9. The summed E-state index contributed by atoms with van der Waals surface area (Å²) in [6.45, 7) is 1.49. The van der Waals surface area contributed by atoms with Crippen molar-refractivity contribution in [2.45, 2.75) is 24.9 Å². The fourth-order valence-corrected chi connectivity index (χ4v) is 4.25. The molecule has 2 unspecified atom stereocenters. The molecule has 0 saturated heterocycles. The predicted molar refractivity (Wildman–Crippen MR) is 124 cm³/mol. The van der Waals surface area contributed by atoms with Gasteiger partial charge in [0.05, 0.1) is 5.69 Å². The SMILES string of the molecule is CC(C(=O)O)N(C)C(=O)C(NC(=O)OCC1c2ccccc2-c2ccccc21)c1ccnn1C. The van der Waals surface area contributed by atoms with Gasteiger partial charge in [-0.2, -0.15) is 5.10 Å². The number of carbonyl (C=O) groups excluding carboxylic acids is 2. The first-order valence-corrected chi connectivity index (χ1v) is 10.9. The van der Waals surface area contributed by atoms with Gasteiger partial charge in [-0.05, 0) is 35.2 Å². The van der Waals surface area contributed by atoms with E-state index in [4.69, 9.17) is 4.74 Å². The molecule has 2 amide bonds. The van der Waals surface area contributed by atoms with Crippen LogP contribution in [0.25, 0.3) is 11.1 Å². The molecular formula is C25H26N4O5. The molecular weight excluding hydrogens is 436 g/mol. The molecule has 3 aromatic rings. The van der Waals surface area contributed by atoms with E-state index in [1.165, 1.54) is 24.9 Å². The first kappa shape index (κ1) is 23.0. The molecule has 0 bridgehead atoms. The lowest BCUT2D eigenvalue weighted by molar-refractivity contribution is -0.149. The number of benzene rings is 2. The van der Waals surface area contributed by atoms with Gasteiger partial charge in [0.15, 0.2) is 6.04 Å². The van der Waals surface area contributed by atoms with Gasteiger partial charge in [-0.25, -0.2) is 9.59 Å². The third-order valence-electron chi connectivity index (χ3n) is 6.29. The van der Waals surface area contributed by atoms with Gasteiger partial charge in [0.1, 0.15) is 12.6 Å². The Morgan fingerprint density at radius 2 is 1.68 bits per heavy atom. The van der Waals surface area contributed by atoms with Crippen molar-refractivity contribution in [3.63, 3.8) is 0 Å². The Balaban J connectivity index is 1.51. The average Bonchev–Trinajstić information content (AvgIpc) is 3.40. The number of aryl methyl sites for hydroxylation is 1. The summed E-state index contributed by atoms with van der Waals surface area (Å²) < 4.78 is 7.03. The van der Waals surface area contributed by atoms with Crippen molar-refractivity contribution in [3.8, 4) is 11.1 Å². The largest absolute Gasteiger partial charge is 0.480 e. The molecule has 34 heavy (non-hydrogen) atoms. The van der Waals surface area contributed by atoms with Gasteiger partial charge in [-0.3, -0.25) is 9.48 Å². The van der Waals surface area contributed by atoms with E-state index in [9.17, 15) is 19.5 Å². The van der Waals surface area contributed by atoms with Crippen LogP contribution in [0.5, 0.6) is 0 Å². The van der Waals surface area contributed by atoms with Gasteiger partial charge in [-0.15, -0.1) is 0 Å². The Bertz CT molecular complexity index is 1190. The number of nitrogens with zero attached hydrogens (tertiary/aromatic N) is 3. The summed E-state index contributed by atoms with van der Waals surface area (Å²) in [7, 11) is 3.01. The van der Waals surface area contributed by atoms with Gasteiger partial charge < -0.3 is 20.1 Å². The van der Waals surface area contributed by atoms with E-state index in [-0.39, 0.29) is 12.5 Å². The van der Waals surface area contributed by atoms with Gasteiger partial charge in [0.2, 0.25) is 0 Å². The van der Waals surface area contributed by atoms with Crippen molar-refractivity contribution in [2.24, 2.45) is 7.05 Å². The van der Waals surface area contributed by atoms with Crippen LogP contribution in [0, 0.1) is 0 Å². The van der Waals surface area contributed by atoms with Crippen LogP contribution in [-0.2, 0) is 21.4 Å². The molecule has 2 aromatic carbocycles. The number of amides is 2. The Morgan fingerprint density at radius 1 is 1.09 bits per heavy atom. The number of carboxylic acids is 1. The monoisotopic (exact) mass is 462 g/mol. The van der Waals surface area contributed by atoms with Crippen molar-refractivity contribution in [3.05, 3.63) is 77.6 Å². The zero-order chi connectivity index (χ0) is 24.4. The highest BCUT2D eigenvalue weighted by atomic mass is 16.5. The van der Waals surface area contributed by atoms with Crippen LogP contribution < -0.4 is 5.32 Å². The molecule has 0 aliphatic heterocycles. The Hall–Kier alpha value is -4.14. The van der Waals surface area contributed by atoms with E-state index >= 15 is 0 Å². The number of alkyl carbamates (subject to hydrolysis) is 1. The number of nitrogens with one attached hydrogen (secondary N) is 1. The van der Waals surface area contributed by atoms with Crippen molar-refractivity contribution < 1.29 is 24.2 Å². The van der Waals surface area contributed by atoms with Crippen molar-refractivity contribution in [1.29, 1.82) is 0 Å². The lowest BCUT2D eigenvalue weighted by Crippen LogP contribution is -2.47. The molecule has 0 saturated carbocycles. The second-order valence-electron chi connectivity index (χ2n) is 8.25. The molecule has 1 aromatic heterocycles. The molecule has 1 aliphatic carbocycles. The Labute approximate surface area is 196 Å². The molecule has 0 fully saturated rings. The third kappa shape index (κ3) is 4.24. The van der Waals surface area contributed by atoms with E-state index in [1.54, 1.807) is 13.1 Å². The van der Waals surface area contributed by atoms with Gasteiger partial charge >= 0.3 is 12.1 Å². The standard InChI is InChI=1S/C25H26N4O5/c1-15(24(31)32)28(2)23(30)22(21-12-13-26-29(21)3)27-25(33)34-14-20-18-10-6-4-8-16(18)17-9-5-7-11-19(17)20/h4-13,15,20,22H,14H2,1-3H3,(H,27,33)(H,31,32). The van der Waals surface area contributed by atoms with E-state index in [0.29, 0.717) is 5.69 Å². The fraction of sp³-hybridized carbons (Fsp3) is 0.280. The minimum absolute atomic E-state index is 0.0908. The third-order valence-corrected chi connectivity index (χ3v) is 6.29. The zero-order valence-electron chi connectivity index (χ0n) is 19.1. The van der Waals surface area contributed by atoms with Gasteiger partial charge in [0.25, 0.3) is 5.91 Å². The number of aliphatic carboxylic acids is 1. The number of aromatic nitrogens is 2. The summed E-state index contributed by atoms with van der Waals surface area (Å²) in [5.74, 6) is -1.87. The predicted octanol–water partition coefficient (Wildman–Crippen LogP) is 2.93. The van der Waals surface area contributed by atoms with E-state index in [2.05, 4.69) is 10.4 Å². The lowest BCUT2D eigenvalue weighted by Gasteiger charge is -2.27. The normalized spacial score (nSPS) is 14.0. The summed E-state index contributed by atoms with van der Waals surface area (Å²) in [5, 5.41) is 16.0. The molecule has 2 N–H and O–H groups in total. The number of likely N-dealkylation sites (N-methyl/N-ethyl adjacent to an activating group) is 1.